The molecule has 0 fully saturated rings. The molecular weight excluding hydrogens is 403 g/mol. The topological polar surface area (TPSA) is 49.4 Å². The maximum atomic E-state index is 14.3. The molecular formula is C24H30ClFN2O2. The molecule has 2 aromatic rings. The van der Waals surface area contributed by atoms with Gasteiger partial charge in [0.25, 0.3) is 0 Å². The van der Waals surface area contributed by atoms with Gasteiger partial charge < -0.3 is 10.2 Å². The van der Waals surface area contributed by atoms with E-state index in [0.717, 1.165) is 24.0 Å². The molecule has 6 heteroatoms. The van der Waals surface area contributed by atoms with Crippen LogP contribution in [0.25, 0.3) is 0 Å². The van der Waals surface area contributed by atoms with Crippen LogP contribution in [0.2, 0.25) is 5.02 Å². The molecule has 0 aliphatic rings. The van der Waals surface area contributed by atoms with Gasteiger partial charge in [0.05, 0.1) is 6.42 Å². The number of hydrogen-bond acceptors (Lipinski definition) is 2. The molecule has 0 heterocycles. The SMILES string of the molecule is CCCCNC(=O)[C@H](CC)N(Cc1ccccc1C)C(=O)Cc1c(F)cccc1Cl. The minimum absolute atomic E-state index is 0.153. The van der Waals surface area contributed by atoms with Gasteiger partial charge in [0.1, 0.15) is 11.9 Å². The molecule has 0 aliphatic heterocycles. The highest BCUT2D eigenvalue weighted by Gasteiger charge is 2.29. The summed E-state index contributed by atoms with van der Waals surface area (Å²) in [5, 5.41) is 3.13. The fraction of sp³-hybridized carbons (Fsp3) is 0.417. The summed E-state index contributed by atoms with van der Waals surface area (Å²) in [4.78, 5) is 27.7. The van der Waals surface area contributed by atoms with Crippen LogP contribution < -0.4 is 5.32 Å². The first-order chi connectivity index (χ1) is 14.4. The molecule has 0 unspecified atom stereocenters. The van der Waals surface area contributed by atoms with Crippen molar-refractivity contribution in [2.45, 2.75) is 59.0 Å². The van der Waals surface area contributed by atoms with E-state index in [2.05, 4.69) is 12.2 Å². The van der Waals surface area contributed by atoms with E-state index in [1.165, 1.54) is 12.1 Å². The number of benzene rings is 2. The second kappa shape index (κ2) is 11.7. The minimum atomic E-state index is -0.639. The van der Waals surface area contributed by atoms with Gasteiger partial charge in [-0.05, 0) is 43.0 Å². The Labute approximate surface area is 183 Å². The molecule has 2 aromatic carbocycles. The van der Waals surface area contributed by atoms with Crippen LogP contribution in [0.1, 0.15) is 49.8 Å². The summed E-state index contributed by atoms with van der Waals surface area (Å²) in [6.07, 6.45) is 2.10. The first-order valence-corrected chi connectivity index (χ1v) is 10.8. The number of aryl methyl sites for hydroxylation is 1. The summed E-state index contributed by atoms with van der Waals surface area (Å²) >= 11 is 6.13. The lowest BCUT2D eigenvalue weighted by atomic mass is 10.0. The summed E-state index contributed by atoms with van der Waals surface area (Å²) in [5.41, 5.74) is 2.13. The number of unbranched alkanes of at least 4 members (excludes halogenated alkanes) is 1. The number of halogens is 2. The van der Waals surface area contributed by atoms with Crippen LogP contribution in [-0.2, 0) is 22.6 Å². The van der Waals surface area contributed by atoms with Gasteiger partial charge in [0.2, 0.25) is 11.8 Å². The van der Waals surface area contributed by atoms with Crippen LogP contribution in [0.4, 0.5) is 4.39 Å². The Kier molecular flexibility index (Phi) is 9.31. The second-order valence-corrected chi connectivity index (χ2v) is 7.80. The molecule has 1 N–H and O–H groups in total. The largest absolute Gasteiger partial charge is 0.354 e. The summed E-state index contributed by atoms with van der Waals surface area (Å²) in [5.74, 6) is -1.04. The Morgan fingerprint density at radius 1 is 1.13 bits per heavy atom. The van der Waals surface area contributed by atoms with Gasteiger partial charge in [-0.1, -0.05) is 62.2 Å². The van der Waals surface area contributed by atoms with E-state index < -0.39 is 11.9 Å². The van der Waals surface area contributed by atoms with E-state index in [-0.39, 0.29) is 35.4 Å². The summed E-state index contributed by atoms with van der Waals surface area (Å²) in [7, 11) is 0. The summed E-state index contributed by atoms with van der Waals surface area (Å²) < 4.78 is 14.3. The molecule has 0 aliphatic carbocycles. The van der Waals surface area contributed by atoms with Crippen LogP contribution in [0.15, 0.2) is 42.5 Å². The van der Waals surface area contributed by atoms with Gasteiger partial charge in [0.15, 0.2) is 0 Å². The molecule has 30 heavy (non-hydrogen) atoms. The van der Waals surface area contributed by atoms with Crippen molar-refractivity contribution >= 4 is 23.4 Å². The van der Waals surface area contributed by atoms with Gasteiger partial charge in [0, 0.05) is 23.7 Å². The van der Waals surface area contributed by atoms with Gasteiger partial charge in [-0.3, -0.25) is 9.59 Å². The predicted octanol–water partition coefficient (Wildman–Crippen LogP) is 5.05. The lowest BCUT2D eigenvalue weighted by Gasteiger charge is -2.31. The van der Waals surface area contributed by atoms with Crippen LogP contribution in [0.3, 0.4) is 0 Å². The highest BCUT2D eigenvalue weighted by atomic mass is 35.5. The Bertz CT molecular complexity index is 852. The zero-order chi connectivity index (χ0) is 22.1. The van der Waals surface area contributed by atoms with Crippen LogP contribution in [0, 0.1) is 12.7 Å². The van der Waals surface area contributed by atoms with E-state index in [0.29, 0.717) is 13.0 Å². The van der Waals surface area contributed by atoms with E-state index >= 15 is 0 Å². The first-order valence-electron chi connectivity index (χ1n) is 10.4. The zero-order valence-electron chi connectivity index (χ0n) is 17.9. The fourth-order valence-corrected chi connectivity index (χ4v) is 3.58. The molecule has 2 amide bonds. The Morgan fingerprint density at radius 2 is 1.87 bits per heavy atom. The molecule has 2 rings (SSSR count). The zero-order valence-corrected chi connectivity index (χ0v) is 18.6. The van der Waals surface area contributed by atoms with Crippen molar-refractivity contribution < 1.29 is 14.0 Å². The van der Waals surface area contributed by atoms with Crippen molar-refractivity contribution in [1.82, 2.24) is 10.2 Å². The van der Waals surface area contributed by atoms with Gasteiger partial charge in [-0.15, -0.1) is 0 Å². The number of nitrogens with one attached hydrogen (secondary N) is 1. The maximum absolute atomic E-state index is 14.3. The number of carbonyl (C=O) groups excluding carboxylic acids is 2. The van der Waals surface area contributed by atoms with E-state index in [1.54, 1.807) is 11.0 Å². The average molecular weight is 433 g/mol. The third-order valence-corrected chi connectivity index (χ3v) is 5.56. The summed E-state index contributed by atoms with van der Waals surface area (Å²) in [6.45, 7) is 6.73. The number of nitrogens with zero attached hydrogens (tertiary/aromatic N) is 1. The Hall–Kier alpha value is -2.40. The Balaban J connectivity index is 2.32. The number of hydrogen-bond donors (Lipinski definition) is 1. The predicted molar refractivity (Wildman–Crippen MR) is 119 cm³/mol. The van der Waals surface area contributed by atoms with Gasteiger partial charge in [-0.2, -0.15) is 0 Å². The highest BCUT2D eigenvalue weighted by Crippen LogP contribution is 2.22. The summed E-state index contributed by atoms with van der Waals surface area (Å²) in [6, 6.07) is 11.5. The molecule has 0 bridgehead atoms. The number of rotatable bonds is 10. The third-order valence-electron chi connectivity index (χ3n) is 5.21. The van der Waals surface area contributed by atoms with E-state index in [1.807, 2.05) is 38.1 Å². The molecule has 1 atom stereocenters. The molecule has 0 aromatic heterocycles. The van der Waals surface area contributed by atoms with Crippen LogP contribution in [0.5, 0.6) is 0 Å². The average Bonchev–Trinajstić information content (AvgIpc) is 2.72. The normalized spacial score (nSPS) is 11.8. The fourth-order valence-electron chi connectivity index (χ4n) is 3.35. The van der Waals surface area contributed by atoms with E-state index in [9.17, 15) is 14.0 Å². The van der Waals surface area contributed by atoms with Crippen molar-refractivity contribution in [1.29, 1.82) is 0 Å². The Morgan fingerprint density at radius 3 is 2.50 bits per heavy atom. The molecule has 0 saturated heterocycles. The third kappa shape index (κ3) is 6.30. The van der Waals surface area contributed by atoms with Crippen molar-refractivity contribution in [3.63, 3.8) is 0 Å². The second-order valence-electron chi connectivity index (χ2n) is 7.39. The molecule has 0 spiro atoms. The van der Waals surface area contributed by atoms with Gasteiger partial charge >= 0.3 is 0 Å². The van der Waals surface area contributed by atoms with Gasteiger partial charge in [-0.25, -0.2) is 4.39 Å². The molecule has 0 saturated carbocycles. The van der Waals surface area contributed by atoms with Crippen molar-refractivity contribution in [3.05, 3.63) is 70.0 Å². The first kappa shape index (κ1) is 23.9. The number of amides is 2. The maximum Gasteiger partial charge on any atom is 0.242 e. The van der Waals surface area contributed by atoms with Crippen molar-refractivity contribution in [3.8, 4) is 0 Å². The lowest BCUT2D eigenvalue weighted by molar-refractivity contribution is -0.141. The van der Waals surface area contributed by atoms with Crippen molar-refractivity contribution in [2.24, 2.45) is 0 Å². The minimum Gasteiger partial charge on any atom is -0.354 e. The van der Waals surface area contributed by atoms with Crippen molar-refractivity contribution in [2.75, 3.05) is 6.54 Å². The monoisotopic (exact) mass is 432 g/mol. The molecule has 162 valence electrons. The van der Waals surface area contributed by atoms with Crippen LogP contribution in [-0.4, -0.2) is 29.3 Å². The van der Waals surface area contributed by atoms with E-state index in [4.69, 9.17) is 11.6 Å². The standard InChI is InChI=1S/C24H30ClFN2O2/c1-4-6-14-27-24(30)22(5-2)28(16-18-11-8-7-10-17(18)3)23(29)15-19-20(25)12-9-13-21(19)26/h7-13,22H,4-6,14-16H2,1-3H3,(H,27,30)/t22-/m0/s1. The quantitative estimate of drug-likeness (QED) is 0.534. The molecule has 4 nitrogen and oxygen atoms in total. The molecule has 0 radical (unpaired) electrons. The smallest absolute Gasteiger partial charge is 0.242 e. The highest BCUT2D eigenvalue weighted by molar-refractivity contribution is 6.31. The lowest BCUT2D eigenvalue weighted by Crippen LogP contribution is -2.49. The number of carbonyl (C=O) groups is 2. The van der Waals surface area contributed by atoms with Crippen LogP contribution >= 0.6 is 11.6 Å².